The van der Waals surface area contributed by atoms with Gasteiger partial charge in [-0.15, -0.1) is 0 Å². The molecule has 41 heavy (non-hydrogen) atoms. The topological polar surface area (TPSA) is 109 Å². The molecule has 3 aromatic carbocycles. The van der Waals surface area contributed by atoms with E-state index in [1.807, 2.05) is 31.2 Å². The number of nitrogens with zero attached hydrogens (tertiary/aromatic N) is 2. The maximum Gasteiger partial charge on any atom is 0.295 e. The molecule has 1 aliphatic heterocycles. The number of aliphatic hydroxyl groups excluding tert-OH is 1. The Hall–Kier alpha value is -5.11. The molecule has 1 unspecified atom stereocenters. The Morgan fingerprint density at radius 2 is 1.68 bits per heavy atom. The molecule has 0 spiro atoms. The van der Waals surface area contributed by atoms with Crippen molar-refractivity contribution >= 4 is 17.4 Å². The number of ketones is 1. The lowest BCUT2D eigenvalue weighted by molar-refractivity contribution is -0.140. The summed E-state index contributed by atoms with van der Waals surface area (Å²) < 4.78 is 11.5. The van der Waals surface area contributed by atoms with Crippen molar-refractivity contribution in [2.24, 2.45) is 0 Å². The van der Waals surface area contributed by atoms with Crippen LogP contribution < -0.4 is 9.47 Å². The number of Topliss-reactive ketones (excluding diaryl/α,β-unsaturated/α-hetero) is 1. The minimum absolute atomic E-state index is 0.0503. The van der Waals surface area contributed by atoms with Crippen LogP contribution >= 0.6 is 0 Å². The largest absolute Gasteiger partial charge is 0.507 e. The number of aliphatic hydroxyl groups is 1. The summed E-state index contributed by atoms with van der Waals surface area (Å²) in [6.07, 6.45) is 3.22. The molecule has 2 heterocycles. The van der Waals surface area contributed by atoms with Crippen LogP contribution in [0.1, 0.15) is 40.8 Å². The number of pyridine rings is 1. The van der Waals surface area contributed by atoms with Gasteiger partial charge in [-0.2, -0.15) is 0 Å². The summed E-state index contributed by atoms with van der Waals surface area (Å²) in [6.45, 7) is 4.62. The minimum Gasteiger partial charge on any atom is -0.507 e. The number of aromatic hydroxyl groups is 1. The van der Waals surface area contributed by atoms with Crippen molar-refractivity contribution in [1.82, 2.24) is 9.88 Å². The predicted octanol–water partition coefficient (Wildman–Crippen LogP) is 5.70. The minimum atomic E-state index is -0.916. The number of aryl methyl sites for hydroxylation is 1. The Kier molecular flexibility index (Phi) is 8.01. The predicted molar refractivity (Wildman–Crippen MR) is 153 cm³/mol. The van der Waals surface area contributed by atoms with Crippen molar-refractivity contribution in [3.8, 4) is 17.2 Å². The van der Waals surface area contributed by atoms with Gasteiger partial charge in [-0.05, 0) is 79.1 Å². The number of carbonyl (C=O) groups is 2. The zero-order chi connectivity index (χ0) is 28.9. The number of phenolic OH excluding ortho intramolecular Hbond substituents is 1. The van der Waals surface area contributed by atoms with E-state index in [9.17, 15) is 19.8 Å². The number of likely N-dealkylation sites (tertiary alicyclic amines) is 1. The number of hydrogen-bond donors (Lipinski definition) is 2. The van der Waals surface area contributed by atoms with E-state index in [-0.39, 0.29) is 29.4 Å². The molecule has 5 rings (SSSR count). The summed E-state index contributed by atoms with van der Waals surface area (Å²) in [5.41, 5.74) is 3.77. The van der Waals surface area contributed by atoms with Gasteiger partial charge in [0, 0.05) is 24.5 Å². The quantitative estimate of drug-likeness (QED) is 0.156. The Morgan fingerprint density at radius 3 is 2.39 bits per heavy atom. The van der Waals surface area contributed by atoms with Crippen LogP contribution in [0.25, 0.3) is 5.76 Å². The highest BCUT2D eigenvalue weighted by Gasteiger charge is 2.46. The lowest BCUT2D eigenvalue weighted by Gasteiger charge is -2.26. The molecule has 0 aliphatic carbocycles. The average molecular weight is 551 g/mol. The van der Waals surface area contributed by atoms with Crippen molar-refractivity contribution in [1.29, 1.82) is 0 Å². The lowest BCUT2D eigenvalue weighted by atomic mass is 9.94. The highest BCUT2D eigenvalue weighted by molar-refractivity contribution is 6.46. The van der Waals surface area contributed by atoms with E-state index >= 15 is 0 Å². The van der Waals surface area contributed by atoms with Crippen LogP contribution in [-0.4, -0.2) is 38.4 Å². The second kappa shape index (κ2) is 12.0. The molecular weight excluding hydrogens is 520 g/mol. The molecule has 1 aromatic heterocycles. The summed E-state index contributed by atoms with van der Waals surface area (Å²) in [5.74, 6) is -1.10. The average Bonchev–Trinajstić information content (AvgIpc) is 3.23. The molecule has 1 fully saturated rings. The van der Waals surface area contributed by atoms with E-state index in [1.165, 1.54) is 11.0 Å². The van der Waals surface area contributed by atoms with E-state index < -0.39 is 17.7 Å². The number of hydrogen-bond acceptors (Lipinski definition) is 7. The van der Waals surface area contributed by atoms with Crippen molar-refractivity contribution < 1.29 is 29.3 Å². The summed E-state index contributed by atoms with van der Waals surface area (Å²) in [7, 11) is 0. The molecular formula is C33H30N2O6. The first kappa shape index (κ1) is 27.5. The number of carbonyl (C=O) groups excluding carboxylic acids is 2. The highest BCUT2D eigenvalue weighted by Crippen LogP contribution is 2.42. The Balaban J connectivity index is 1.50. The fourth-order valence-electron chi connectivity index (χ4n) is 4.88. The normalized spacial score (nSPS) is 16.1. The lowest BCUT2D eigenvalue weighted by Crippen LogP contribution is -2.29. The number of amides is 1. The fraction of sp³-hybridized carbons (Fsp3) is 0.182. The molecule has 2 N–H and O–H groups in total. The van der Waals surface area contributed by atoms with Crippen molar-refractivity contribution in [2.45, 2.75) is 33.0 Å². The number of ether oxygens (including phenoxy) is 2. The van der Waals surface area contributed by atoms with Crippen molar-refractivity contribution in [3.63, 3.8) is 0 Å². The van der Waals surface area contributed by atoms with E-state index in [0.717, 1.165) is 16.7 Å². The molecule has 0 bridgehead atoms. The number of phenols is 1. The molecule has 0 radical (unpaired) electrons. The first-order valence-corrected chi connectivity index (χ1v) is 13.3. The summed E-state index contributed by atoms with van der Waals surface area (Å²) in [5, 5.41) is 21.7. The van der Waals surface area contributed by atoms with Gasteiger partial charge >= 0.3 is 0 Å². The van der Waals surface area contributed by atoms with Gasteiger partial charge in [0.2, 0.25) is 0 Å². The maximum absolute atomic E-state index is 13.4. The Bertz CT molecular complexity index is 1600. The molecule has 1 amide bonds. The SMILES string of the molecule is CCOc1cc(C2/C(=C(/O)c3ccc(OCc4cccc(C)c4)cc3)C(=O)C(=O)N2Cc2ccncc2)ccc1O. The first-order chi connectivity index (χ1) is 19.9. The Morgan fingerprint density at radius 1 is 0.927 bits per heavy atom. The third-order valence-corrected chi connectivity index (χ3v) is 6.86. The van der Waals surface area contributed by atoms with Gasteiger partial charge in [-0.25, -0.2) is 0 Å². The molecule has 8 heteroatoms. The van der Waals surface area contributed by atoms with Crippen molar-refractivity contribution in [3.05, 3.63) is 125 Å². The number of rotatable bonds is 9. The highest BCUT2D eigenvalue weighted by atomic mass is 16.5. The number of benzene rings is 3. The van der Waals surface area contributed by atoms with Gasteiger partial charge in [0.1, 0.15) is 18.1 Å². The van der Waals surface area contributed by atoms with Crippen molar-refractivity contribution in [2.75, 3.05) is 6.61 Å². The second-order valence-electron chi connectivity index (χ2n) is 9.74. The molecule has 1 atom stereocenters. The molecule has 0 saturated carbocycles. The fourth-order valence-corrected chi connectivity index (χ4v) is 4.88. The van der Waals surface area contributed by atoms with Gasteiger partial charge in [-0.1, -0.05) is 35.9 Å². The van der Waals surface area contributed by atoms with Gasteiger partial charge in [0.05, 0.1) is 18.2 Å². The molecule has 208 valence electrons. The van der Waals surface area contributed by atoms with E-state index in [1.54, 1.807) is 67.8 Å². The van der Waals surface area contributed by atoms with E-state index in [4.69, 9.17) is 9.47 Å². The standard InChI is InChI=1S/C33H30N2O6/c1-3-40-28-18-25(9-12-27(28)36)30-29(32(38)33(39)35(30)19-22-13-15-34-16-14-22)31(37)24-7-10-26(11-8-24)41-20-23-6-4-5-21(2)17-23/h4-18,30,36-37H,3,19-20H2,1-2H3/b31-29-. The van der Waals surface area contributed by atoms with Crippen LogP contribution in [0.5, 0.6) is 17.2 Å². The second-order valence-corrected chi connectivity index (χ2v) is 9.74. The van der Waals surface area contributed by atoms with E-state index in [2.05, 4.69) is 4.98 Å². The molecule has 4 aromatic rings. The van der Waals surface area contributed by atoms with Gasteiger partial charge < -0.3 is 24.6 Å². The molecule has 1 aliphatic rings. The third-order valence-electron chi connectivity index (χ3n) is 6.86. The zero-order valence-electron chi connectivity index (χ0n) is 22.8. The van der Waals surface area contributed by atoms with Crippen LogP contribution in [0.2, 0.25) is 0 Å². The van der Waals surface area contributed by atoms with E-state index in [0.29, 0.717) is 30.1 Å². The third kappa shape index (κ3) is 5.91. The monoisotopic (exact) mass is 550 g/mol. The summed E-state index contributed by atoms with van der Waals surface area (Å²) in [6, 6.07) is 22.0. The summed E-state index contributed by atoms with van der Waals surface area (Å²) >= 11 is 0. The van der Waals surface area contributed by atoms with Gasteiger partial charge in [0.15, 0.2) is 11.5 Å². The Labute approximate surface area is 238 Å². The van der Waals surface area contributed by atoms with Gasteiger partial charge in [-0.3, -0.25) is 14.6 Å². The smallest absolute Gasteiger partial charge is 0.295 e. The molecule has 8 nitrogen and oxygen atoms in total. The summed E-state index contributed by atoms with van der Waals surface area (Å²) in [4.78, 5) is 32.2. The zero-order valence-corrected chi connectivity index (χ0v) is 22.8. The first-order valence-electron chi connectivity index (χ1n) is 13.3. The number of aromatic nitrogens is 1. The van der Waals surface area contributed by atoms with Crippen LogP contribution in [0.4, 0.5) is 0 Å². The van der Waals surface area contributed by atoms with Crippen LogP contribution in [0.15, 0.2) is 96.8 Å². The van der Waals surface area contributed by atoms with Crippen LogP contribution in [0.3, 0.4) is 0 Å². The van der Waals surface area contributed by atoms with Crippen LogP contribution in [-0.2, 0) is 22.7 Å². The molecule has 1 saturated heterocycles. The maximum atomic E-state index is 13.4. The van der Waals surface area contributed by atoms with Gasteiger partial charge in [0.25, 0.3) is 11.7 Å². The van der Waals surface area contributed by atoms with Crippen LogP contribution in [0, 0.1) is 6.92 Å².